The molecule has 1 saturated heterocycles. The van der Waals surface area contributed by atoms with Gasteiger partial charge in [0.25, 0.3) is 5.91 Å². The van der Waals surface area contributed by atoms with Crippen molar-refractivity contribution in [3.8, 4) is 5.75 Å². The first kappa shape index (κ1) is 13.9. The van der Waals surface area contributed by atoms with Crippen LogP contribution in [0.2, 0.25) is 0 Å². The predicted octanol–water partition coefficient (Wildman–Crippen LogP) is 2.84. The highest BCUT2D eigenvalue weighted by molar-refractivity contribution is 6.03. The van der Waals surface area contributed by atoms with Crippen LogP contribution >= 0.6 is 0 Å². The molecule has 1 aliphatic rings. The van der Waals surface area contributed by atoms with Crippen molar-refractivity contribution in [2.75, 3.05) is 6.61 Å². The largest absolute Gasteiger partial charge is 0.506 e. The van der Waals surface area contributed by atoms with E-state index in [1.54, 1.807) is 6.07 Å². The van der Waals surface area contributed by atoms with E-state index in [1.807, 2.05) is 37.3 Å². The molecule has 1 heterocycles. The Bertz CT molecular complexity index is 668. The number of aromatic hydroxyl groups is 1. The molecule has 2 aromatic carbocycles. The third-order valence-corrected chi connectivity index (χ3v) is 3.97. The molecule has 3 rings (SSSR count). The minimum absolute atomic E-state index is 0.0470. The summed E-state index contributed by atoms with van der Waals surface area (Å²) in [7, 11) is 0. The van der Waals surface area contributed by atoms with E-state index in [4.69, 9.17) is 4.74 Å². The second-order valence-electron chi connectivity index (χ2n) is 5.56. The Morgan fingerprint density at radius 1 is 1.29 bits per heavy atom. The fraction of sp³-hybridized carbons (Fsp3) is 0.353. The van der Waals surface area contributed by atoms with Gasteiger partial charge in [0.1, 0.15) is 5.75 Å². The van der Waals surface area contributed by atoms with E-state index in [1.165, 1.54) is 0 Å². The number of hydrogen-bond donors (Lipinski definition) is 2. The molecule has 0 radical (unpaired) electrons. The second kappa shape index (κ2) is 5.74. The Kier molecular flexibility index (Phi) is 3.80. The average Bonchev–Trinajstić information content (AvgIpc) is 2.48. The Morgan fingerprint density at radius 3 is 2.90 bits per heavy atom. The van der Waals surface area contributed by atoms with Crippen LogP contribution in [0.5, 0.6) is 5.75 Å². The van der Waals surface area contributed by atoms with E-state index in [0.29, 0.717) is 17.6 Å². The lowest BCUT2D eigenvalue weighted by Gasteiger charge is -2.28. The summed E-state index contributed by atoms with van der Waals surface area (Å²) in [4.78, 5) is 12.4. The van der Waals surface area contributed by atoms with E-state index >= 15 is 0 Å². The first-order chi connectivity index (χ1) is 10.1. The van der Waals surface area contributed by atoms with Gasteiger partial charge in [0, 0.05) is 18.0 Å². The van der Waals surface area contributed by atoms with Gasteiger partial charge in [-0.15, -0.1) is 0 Å². The van der Waals surface area contributed by atoms with Crippen molar-refractivity contribution in [3.63, 3.8) is 0 Å². The number of benzene rings is 2. The lowest BCUT2D eigenvalue weighted by molar-refractivity contribution is 0.0136. The molecule has 21 heavy (non-hydrogen) atoms. The van der Waals surface area contributed by atoms with Crippen LogP contribution in [0.15, 0.2) is 36.4 Å². The molecule has 2 N–H and O–H groups in total. The fourth-order valence-electron chi connectivity index (χ4n) is 2.83. The molecule has 1 fully saturated rings. The van der Waals surface area contributed by atoms with E-state index < -0.39 is 0 Å². The number of phenolic OH excluding ortho intramolecular Hbond substituents is 1. The summed E-state index contributed by atoms with van der Waals surface area (Å²) in [5.41, 5.74) is 0.327. The maximum Gasteiger partial charge on any atom is 0.255 e. The van der Waals surface area contributed by atoms with E-state index in [9.17, 15) is 9.90 Å². The molecule has 0 saturated carbocycles. The minimum Gasteiger partial charge on any atom is -0.506 e. The van der Waals surface area contributed by atoms with Crippen LogP contribution < -0.4 is 5.32 Å². The molecular formula is C17H19NO3. The Labute approximate surface area is 123 Å². The maximum absolute atomic E-state index is 12.4. The standard InChI is InChI=1S/C17H19NO3/c1-11-10-13(8-9-21-11)18-17(20)15-7-6-12-4-2-3-5-14(12)16(15)19/h2-7,11,13,19H,8-10H2,1H3,(H,18,20). The summed E-state index contributed by atoms with van der Waals surface area (Å²) in [6, 6.07) is 11.1. The summed E-state index contributed by atoms with van der Waals surface area (Å²) >= 11 is 0. The van der Waals surface area contributed by atoms with Crippen LogP contribution in [0.4, 0.5) is 0 Å². The van der Waals surface area contributed by atoms with Crippen LogP contribution in [0.1, 0.15) is 30.1 Å². The first-order valence-corrected chi connectivity index (χ1v) is 7.28. The summed E-state index contributed by atoms with van der Waals surface area (Å²) < 4.78 is 5.48. The van der Waals surface area contributed by atoms with Gasteiger partial charge in [0.15, 0.2) is 0 Å². The topological polar surface area (TPSA) is 58.6 Å². The Balaban J connectivity index is 1.83. The number of amides is 1. The van der Waals surface area contributed by atoms with Gasteiger partial charge in [0.05, 0.1) is 11.7 Å². The third-order valence-electron chi connectivity index (χ3n) is 3.97. The Hall–Kier alpha value is -2.07. The number of fused-ring (bicyclic) bond motifs is 1. The second-order valence-corrected chi connectivity index (χ2v) is 5.56. The molecule has 0 spiro atoms. The van der Waals surface area contributed by atoms with Crippen molar-refractivity contribution in [1.29, 1.82) is 0 Å². The van der Waals surface area contributed by atoms with Crippen molar-refractivity contribution in [3.05, 3.63) is 42.0 Å². The zero-order chi connectivity index (χ0) is 14.8. The normalized spacial score (nSPS) is 22.1. The van der Waals surface area contributed by atoms with Crippen LogP contribution in [-0.4, -0.2) is 29.8 Å². The SMILES string of the molecule is CC1CC(NC(=O)c2ccc3ccccc3c2O)CCO1. The van der Waals surface area contributed by atoms with Crippen molar-refractivity contribution < 1.29 is 14.6 Å². The van der Waals surface area contributed by atoms with Crippen LogP contribution in [-0.2, 0) is 4.74 Å². The molecule has 0 aliphatic carbocycles. The molecule has 1 aliphatic heterocycles. The lowest BCUT2D eigenvalue weighted by atomic mass is 10.0. The number of hydrogen-bond acceptors (Lipinski definition) is 3. The van der Waals surface area contributed by atoms with E-state index in [2.05, 4.69) is 5.32 Å². The van der Waals surface area contributed by atoms with Crippen molar-refractivity contribution in [1.82, 2.24) is 5.32 Å². The molecule has 2 unspecified atom stereocenters. The molecule has 0 bridgehead atoms. The fourth-order valence-corrected chi connectivity index (χ4v) is 2.83. The maximum atomic E-state index is 12.4. The predicted molar refractivity (Wildman–Crippen MR) is 81.5 cm³/mol. The average molecular weight is 285 g/mol. The summed E-state index contributed by atoms with van der Waals surface area (Å²) in [5.74, 6) is -0.178. The van der Waals surface area contributed by atoms with Crippen molar-refractivity contribution >= 4 is 16.7 Å². The van der Waals surface area contributed by atoms with Gasteiger partial charge in [-0.05, 0) is 31.2 Å². The number of carbonyl (C=O) groups is 1. The summed E-state index contributed by atoms with van der Waals surface area (Å²) in [6.45, 7) is 2.67. The van der Waals surface area contributed by atoms with Crippen LogP contribution in [0.3, 0.4) is 0 Å². The molecule has 110 valence electrons. The minimum atomic E-state index is -0.225. The number of nitrogens with one attached hydrogen (secondary N) is 1. The van der Waals surface area contributed by atoms with Gasteiger partial charge in [-0.1, -0.05) is 30.3 Å². The van der Waals surface area contributed by atoms with Crippen molar-refractivity contribution in [2.45, 2.75) is 31.9 Å². The summed E-state index contributed by atoms with van der Waals surface area (Å²) in [5, 5.41) is 14.9. The number of ether oxygens (including phenoxy) is 1. The molecule has 1 amide bonds. The van der Waals surface area contributed by atoms with Gasteiger partial charge < -0.3 is 15.2 Å². The van der Waals surface area contributed by atoms with Crippen LogP contribution in [0.25, 0.3) is 10.8 Å². The molecule has 2 aromatic rings. The highest BCUT2D eigenvalue weighted by Crippen LogP contribution is 2.28. The molecule has 0 aromatic heterocycles. The quantitative estimate of drug-likeness (QED) is 0.892. The molecular weight excluding hydrogens is 266 g/mol. The molecule has 2 atom stereocenters. The van der Waals surface area contributed by atoms with Gasteiger partial charge in [0.2, 0.25) is 0 Å². The number of carbonyl (C=O) groups excluding carboxylic acids is 1. The zero-order valence-corrected chi connectivity index (χ0v) is 12.0. The lowest BCUT2D eigenvalue weighted by Crippen LogP contribution is -2.41. The summed E-state index contributed by atoms with van der Waals surface area (Å²) in [6.07, 6.45) is 1.78. The van der Waals surface area contributed by atoms with Crippen LogP contribution in [0, 0.1) is 0 Å². The smallest absolute Gasteiger partial charge is 0.255 e. The highest BCUT2D eigenvalue weighted by Gasteiger charge is 2.22. The number of rotatable bonds is 2. The van der Waals surface area contributed by atoms with E-state index in [-0.39, 0.29) is 23.8 Å². The number of phenols is 1. The third kappa shape index (κ3) is 2.85. The van der Waals surface area contributed by atoms with Crippen molar-refractivity contribution in [2.24, 2.45) is 0 Å². The zero-order valence-electron chi connectivity index (χ0n) is 12.0. The monoisotopic (exact) mass is 285 g/mol. The van der Waals surface area contributed by atoms with Gasteiger partial charge >= 0.3 is 0 Å². The Morgan fingerprint density at radius 2 is 2.10 bits per heavy atom. The van der Waals surface area contributed by atoms with E-state index in [0.717, 1.165) is 18.2 Å². The van der Waals surface area contributed by atoms with Gasteiger partial charge in [-0.3, -0.25) is 4.79 Å². The molecule has 4 nitrogen and oxygen atoms in total. The van der Waals surface area contributed by atoms with Gasteiger partial charge in [-0.2, -0.15) is 0 Å². The van der Waals surface area contributed by atoms with Gasteiger partial charge in [-0.25, -0.2) is 0 Å². The highest BCUT2D eigenvalue weighted by atomic mass is 16.5. The first-order valence-electron chi connectivity index (χ1n) is 7.28. The molecule has 4 heteroatoms.